The Labute approximate surface area is 106 Å². The lowest BCUT2D eigenvalue weighted by atomic mass is 10.1. The first-order chi connectivity index (χ1) is 8.13. The van der Waals surface area contributed by atoms with E-state index in [0.29, 0.717) is 18.9 Å². The van der Waals surface area contributed by atoms with Gasteiger partial charge in [-0.2, -0.15) is 11.8 Å². The summed E-state index contributed by atoms with van der Waals surface area (Å²) in [4.78, 5) is 22.3. The summed E-state index contributed by atoms with van der Waals surface area (Å²) in [6, 6.07) is -1.15. The summed E-state index contributed by atoms with van der Waals surface area (Å²) < 4.78 is 0. The van der Waals surface area contributed by atoms with Crippen molar-refractivity contribution in [1.29, 1.82) is 0 Å². The number of urea groups is 1. The lowest BCUT2D eigenvalue weighted by Crippen LogP contribution is -2.47. The van der Waals surface area contributed by atoms with Crippen LogP contribution in [-0.2, 0) is 4.79 Å². The smallest absolute Gasteiger partial charge is 0.326 e. The Hall–Kier alpha value is -0.910. The highest BCUT2D eigenvalue weighted by Gasteiger charge is 2.20. The third-order valence-corrected chi connectivity index (χ3v) is 3.99. The van der Waals surface area contributed by atoms with Crippen LogP contribution < -0.4 is 10.6 Å². The molecular formula is C11H20N2O3S. The molecule has 0 spiro atoms. The number of aliphatic carboxylic acids is 1. The number of hydrogen-bond donors (Lipinski definition) is 3. The van der Waals surface area contributed by atoms with Gasteiger partial charge in [-0.1, -0.05) is 13.3 Å². The number of amides is 2. The van der Waals surface area contributed by atoms with E-state index in [1.807, 2.05) is 18.7 Å². The molecule has 2 atom stereocenters. The maximum absolute atomic E-state index is 11.5. The average molecular weight is 260 g/mol. The fourth-order valence-corrected chi connectivity index (χ4v) is 3.02. The van der Waals surface area contributed by atoms with E-state index in [0.717, 1.165) is 24.3 Å². The van der Waals surface area contributed by atoms with Crippen molar-refractivity contribution >= 4 is 23.8 Å². The molecule has 0 aromatic carbocycles. The lowest BCUT2D eigenvalue weighted by Gasteiger charge is -2.15. The maximum atomic E-state index is 11.5. The molecule has 1 unspecified atom stereocenters. The van der Waals surface area contributed by atoms with Gasteiger partial charge in [-0.25, -0.2) is 9.59 Å². The summed E-state index contributed by atoms with van der Waals surface area (Å²) in [6.07, 6.45) is 2.32. The van der Waals surface area contributed by atoms with Crippen molar-refractivity contribution < 1.29 is 14.7 Å². The van der Waals surface area contributed by atoms with Crippen molar-refractivity contribution in [3.05, 3.63) is 0 Å². The number of carbonyl (C=O) groups excluding carboxylic acids is 1. The van der Waals surface area contributed by atoms with Crippen LogP contribution in [0.1, 0.15) is 26.2 Å². The second-order valence-corrected chi connectivity index (χ2v) is 5.41. The van der Waals surface area contributed by atoms with Gasteiger partial charge in [0.1, 0.15) is 6.04 Å². The SMILES string of the molecule is CCC[C@H](NC(=O)NCC1CCSC1)C(=O)O. The highest BCUT2D eigenvalue weighted by molar-refractivity contribution is 7.99. The molecule has 3 N–H and O–H groups in total. The average Bonchev–Trinajstić information content (AvgIpc) is 2.78. The summed E-state index contributed by atoms with van der Waals surface area (Å²) in [5.41, 5.74) is 0. The Morgan fingerprint density at radius 1 is 1.53 bits per heavy atom. The zero-order valence-electron chi connectivity index (χ0n) is 10.1. The van der Waals surface area contributed by atoms with E-state index in [2.05, 4.69) is 10.6 Å². The number of nitrogens with one attached hydrogen (secondary N) is 2. The first-order valence-corrected chi connectivity index (χ1v) is 7.13. The van der Waals surface area contributed by atoms with Crippen LogP contribution in [0.15, 0.2) is 0 Å². The van der Waals surface area contributed by atoms with Crippen LogP contribution in [-0.4, -0.2) is 41.2 Å². The largest absolute Gasteiger partial charge is 0.480 e. The number of carbonyl (C=O) groups is 2. The first-order valence-electron chi connectivity index (χ1n) is 5.98. The normalized spacial score (nSPS) is 20.9. The van der Waals surface area contributed by atoms with E-state index in [9.17, 15) is 9.59 Å². The molecule has 0 saturated carbocycles. The van der Waals surface area contributed by atoms with Gasteiger partial charge >= 0.3 is 12.0 Å². The second kappa shape index (κ2) is 7.42. The molecule has 5 nitrogen and oxygen atoms in total. The van der Waals surface area contributed by atoms with Gasteiger partial charge in [0, 0.05) is 6.54 Å². The molecular weight excluding hydrogens is 240 g/mol. The Balaban J connectivity index is 2.23. The molecule has 0 aliphatic carbocycles. The molecule has 98 valence electrons. The monoisotopic (exact) mass is 260 g/mol. The van der Waals surface area contributed by atoms with Crippen LogP contribution in [0.3, 0.4) is 0 Å². The molecule has 0 aromatic rings. The summed E-state index contributed by atoms with van der Waals surface area (Å²) in [6.45, 7) is 2.53. The van der Waals surface area contributed by atoms with Crippen LogP contribution in [0, 0.1) is 5.92 Å². The molecule has 1 saturated heterocycles. The van der Waals surface area contributed by atoms with Gasteiger partial charge in [-0.15, -0.1) is 0 Å². The van der Waals surface area contributed by atoms with E-state index < -0.39 is 12.0 Å². The molecule has 6 heteroatoms. The number of rotatable bonds is 6. The van der Waals surface area contributed by atoms with Crippen LogP contribution in [0.25, 0.3) is 0 Å². The molecule has 1 rings (SSSR count). The lowest BCUT2D eigenvalue weighted by molar-refractivity contribution is -0.139. The molecule has 0 aromatic heterocycles. The number of carboxylic acid groups (broad SMARTS) is 1. The molecule has 1 fully saturated rings. The number of carboxylic acids is 1. The van der Waals surface area contributed by atoms with Gasteiger partial charge in [0.2, 0.25) is 0 Å². The van der Waals surface area contributed by atoms with Crippen LogP contribution in [0.5, 0.6) is 0 Å². The highest BCUT2D eigenvalue weighted by Crippen LogP contribution is 2.22. The van der Waals surface area contributed by atoms with Crippen molar-refractivity contribution in [3.8, 4) is 0 Å². The molecule has 0 radical (unpaired) electrons. The minimum absolute atomic E-state index is 0.372. The van der Waals surface area contributed by atoms with Crippen molar-refractivity contribution in [2.24, 2.45) is 5.92 Å². The Bertz CT molecular complexity index is 267. The van der Waals surface area contributed by atoms with E-state index in [1.165, 1.54) is 0 Å². The molecule has 17 heavy (non-hydrogen) atoms. The number of hydrogen-bond acceptors (Lipinski definition) is 3. The fraction of sp³-hybridized carbons (Fsp3) is 0.818. The van der Waals surface area contributed by atoms with Gasteiger partial charge in [-0.3, -0.25) is 0 Å². The van der Waals surface area contributed by atoms with Crippen LogP contribution in [0.2, 0.25) is 0 Å². The van der Waals surface area contributed by atoms with Crippen molar-refractivity contribution in [2.75, 3.05) is 18.1 Å². The summed E-state index contributed by atoms with van der Waals surface area (Å²) in [5, 5.41) is 14.1. The standard InChI is InChI=1S/C11H20N2O3S/c1-2-3-9(10(14)15)13-11(16)12-6-8-4-5-17-7-8/h8-9H,2-7H2,1H3,(H,14,15)(H2,12,13,16)/t8?,9-/m0/s1. The summed E-state index contributed by atoms with van der Waals surface area (Å²) in [5.74, 6) is 1.79. The minimum Gasteiger partial charge on any atom is -0.480 e. The Morgan fingerprint density at radius 3 is 2.82 bits per heavy atom. The zero-order chi connectivity index (χ0) is 12.7. The molecule has 1 aliphatic rings. The topological polar surface area (TPSA) is 78.4 Å². The summed E-state index contributed by atoms with van der Waals surface area (Å²) in [7, 11) is 0. The van der Waals surface area contributed by atoms with E-state index in [4.69, 9.17) is 5.11 Å². The van der Waals surface area contributed by atoms with Gasteiger partial charge in [0.05, 0.1) is 0 Å². The molecule has 1 heterocycles. The number of thioether (sulfide) groups is 1. The van der Waals surface area contributed by atoms with Gasteiger partial charge < -0.3 is 15.7 Å². The maximum Gasteiger partial charge on any atom is 0.326 e. The predicted molar refractivity (Wildman–Crippen MR) is 68.3 cm³/mol. The highest BCUT2D eigenvalue weighted by atomic mass is 32.2. The molecule has 2 amide bonds. The quantitative estimate of drug-likeness (QED) is 0.672. The van der Waals surface area contributed by atoms with Gasteiger partial charge in [-0.05, 0) is 30.3 Å². The Morgan fingerprint density at radius 2 is 2.29 bits per heavy atom. The molecule has 1 aliphatic heterocycles. The van der Waals surface area contributed by atoms with Crippen LogP contribution in [0.4, 0.5) is 4.79 Å². The third-order valence-electron chi connectivity index (χ3n) is 2.76. The Kier molecular flexibility index (Phi) is 6.18. The minimum atomic E-state index is -0.974. The second-order valence-electron chi connectivity index (χ2n) is 4.26. The van der Waals surface area contributed by atoms with Gasteiger partial charge in [0.25, 0.3) is 0 Å². The van der Waals surface area contributed by atoms with Crippen molar-refractivity contribution in [3.63, 3.8) is 0 Å². The third kappa shape index (κ3) is 5.30. The fourth-order valence-electron chi connectivity index (χ4n) is 1.74. The summed E-state index contributed by atoms with van der Waals surface area (Å²) >= 11 is 1.89. The zero-order valence-corrected chi connectivity index (χ0v) is 10.9. The first kappa shape index (κ1) is 14.2. The van der Waals surface area contributed by atoms with Gasteiger partial charge in [0.15, 0.2) is 0 Å². The molecule has 0 bridgehead atoms. The van der Waals surface area contributed by atoms with Crippen molar-refractivity contribution in [1.82, 2.24) is 10.6 Å². The predicted octanol–water partition coefficient (Wildman–Crippen LogP) is 1.29. The van der Waals surface area contributed by atoms with E-state index >= 15 is 0 Å². The van der Waals surface area contributed by atoms with E-state index in [1.54, 1.807) is 0 Å². The van der Waals surface area contributed by atoms with Crippen molar-refractivity contribution in [2.45, 2.75) is 32.2 Å². The van der Waals surface area contributed by atoms with Crippen LogP contribution >= 0.6 is 11.8 Å². The van der Waals surface area contributed by atoms with E-state index in [-0.39, 0.29) is 6.03 Å².